The highest BCUT2D eigenvalue weighted by Gasteiger charge is 2.10. The number of anilines is 1. The number of carbonyl (C=O) groups excluding carboxylic acids is 1. The van der Waals surface area contributed by atoms with Crippen LogP contribution in [0.1, 0.15) is 0 Å². The fourth-order valence-corrected chi connectivity index (χ4v) is 2.13. The summed E-state index contributed by atoms with van der Waals surface area (Å²) < 4.78 is 24.4. The Morgan fingerprint density at radius 1 is 1.12 bits per heavy atom. The van der Waals surface area contributed by atoms with Crippen LogP contribution in [0, 0.1) is 5.82 Å². The van der Waals surface area contributed by atoms with Gasteiger partial charge in [-0.1, -0.05) is 24.3 Å². The number of nitrogens with one attached hydrogen (secondary N) is 1. The number of rotatable bonds is 8. The largest absolute Gasteiger partial charge is 0.493 e. The summed E-state index contributed by atoms with van der Waals surface area (Å²) in [6, 6.07) is 13.5. The molecule has 5 nitrogen and oxygen atoms in total. The summed E-state index contributed by atoms with van der Waals surface area (Å²) in [5.41, 5.74) is 0.182. The number of methoxy groups -OCH3 is 1. The molecular formula is C18H21FN2O3. The highest BCUT2D eigenvalue weighted by molar-refractivity contribution is 5.92. The fourth-order valence-electron chi connectivity index (χ4n) is 2.13. The van der Waals surface area contributed by atoms with E-state index in [1.54, 1.807) is 31.2 Å². The van der Waals surface area contributed by atoms with E-state index in [1.165, 1.54) is 12.1 Å². The van der Waals surface area contributed by atoms with Crippen LogP contribution in [-0.4, -0.2) is 44.7 Å². The standard InChI is InChI=1S/C18H21FN2O3/c1-21(11-12-24-17-10-6-5-9-16(17)23-2)13-18(22)20-15-8-4-3-7-14(15)19/h3-10H,11-13H2,1-2H3,(H,20,22). The minimum Gasteiger partial charge on any atom is -0.493 e. The molecule has 1 amide bonds. The van der Waals surface area contributed by atoms with Crippen LogP contribution in [0.5, 0.6) is 11.5 Å². The molecule has 6 heteroatoms. The second-order valence-electron chi connectivity index (χ2n) is 5.27. The molecule has 0 aromatic heterocycles. The van der Waals surface area contributed by atoms with Crippen molar-refractivity contribution in [3.8, 4) is 11.5 Å². The van der Waals surface area contributed by atoms with Crippen LogP contribution in [0.4, 0.5) is 10.1 Å². The molecule has 2 rings (SSSR count). The Bertz CT molecular complexity index is 679. The predicted octanol–water partition coefficient (Wildman–Crippen LogP) is 2.78. The fraction of sp³-hybridized carbons (Fsp3) is 0.278. The Labute approximate surface area is 141 Å². The monoisotopic (exact) mass is 332 g/mol. The number of amides is 1. The number of carbonyl (C=O) groups is 1. The lowest BCUT2D eigenvalue weighted by Gasteiger charge is -2.17. The van der Waals surface area contributed by atoms with Crippen molar-refractivity contribution in [2.75, 3.05) is 39.2 Å². The van der Waals surface area contributed by atoms with E-state index < -0.39 is 5.82 Å². The van der Waals surface area contributed by atoms with Crippen LogP contribution < -0.4 is 14.8 Å². The molecule has 0 unspecified atom stereocenters. The Kier molecular flexibility index (Phi) is 6.57. The van der Waals surface area contributed by atoms with Gasteiger partial charge in [-0.15, -0.1) is 0 Å². The van der Waals surface area contributed by atoms with Crippen LogP contribution >= 0.6 is 0 Å². The molecule has 0 bridgehead atoms. The van der Waals surface area contributed by atoms with Crippen molar-refractivity contribution < 1.29 is 18.7 Å². The lowest BCUT2D eigenvalue weighted by molar-refractivity contribution is -0.117. The maximum Gasteiger partial charge on any atom is 0.238 e. The van der Waals surface area contributed by atoms with Gasteiger partial charge in [-0.2, -0.15) is 0 Å². The van der Waals surface area contributed by atoms with E-state index in [-0.39, 0.29) is 18.1 Å². The third kappa shape index (κ3) is 5.24. The van der Waals surface area contributed by atoms with Crippen molar-refractivity contribution >= 4 is 11.6 Å². The van der Waals surface area contributed by atoms with Gasteiger partial charge in [0.2, 0.25) is 5.91 Å². The van der Waals surface area contributed by atoms with Crippen molar-refractivity contribution in [3.05, 3.63) is 54.3 Å². The molecule has 0 atom stereocenters. The maximum absolute atomic E-state index is 13.5. The lowest BCUT2D eigenvalue weighted by atomic mass is 10.3. The van der Waals surface area contributed by atoms with E-state index in [1.807, 2.05) is 24.3 Å². The molecule has 0 fully saturated rings. The molecule has 0 aliphatic rings. The second-order valence-corrected chi connectivity index (χ2v) is 5.27. The minimum atomic E-state index is -0.451. The topological polar surface area (TPSA) is 50.8 Å². The van der Waals surface area contributed by atoms with Crippen molar-refractivity contribution in [2.45, 2.75) is 0 Å². The zero-order valence-electron chi connectivity index (χ0n) is 13.8. The van der Waals surface area contributed by atoms with Gasteiger partial charge in [-0.3, -0.25) is 9.69 Å². The maximum atomic E-state index is 13.5. The van der Waals surface area contributed by atoms with Crippen LogP contribution in [0.15, 0.2) is 48.5 Å². The molecule has 0 spiro atoms. The summed E-state index contributed by atoms with van der Waals surface area (Å²) in [5.74, 6) is 0.592. The van der Waals surface area contributed by atoms with Crippen molar-refractivity contribution in [1.29, 1.82) is 0 Å². The van der Waals surface area contributed by atoms with Gasteiger partial charge in [0.05, 0.1) is 19.3 Å². The van der Waals surface area contributed by atoms with Gasteiger partial charge in [-0.05, 0) is 31.3 Å². The van der Waals surface area contributed by atoms with E-state index >= 15 is 0 Å². The van der Waals surface area contributed by atoms with Gasteiger partial charge in [0, 0.05) is 6.54 Å². The molecule has 0 radical (unpaired) electrons. The number of likely N-dealkylation sites (N-methyl/N-ethyl adjacent to an activating group) is 1. The van der Waals surface area contributed by atoms with E-state index in [4.69, 9.17) is 9.47 Å². The third-order valence-corrected chi connectivity index (χ3v) is 3.36. The number of nitrogens with zero attached hydrogens (tertiary/aromatic N) is 1. The van der Waals surface area contributed by atoms with Gasteiger partial charge in [0.15, 0.2) is 11.5 Å². The molecule has 0 aliphatic heterocycles. The first-order valence-electron chi connectivity index (χ1n) is 7.59. The number of benzene rings is 2. The first-order valence-corrected chi connectivity index (χ1v) is 7.59. The molecule has 0 aliphatic carbocycles. The molecule has 2 aromatic rings. The van der Waals surface area contributed by atoms with Gasteiger partial charge >= 0.3 is 0 Å². The van der Waals surface area contributed by atoms with Crippen LogP contribution in [0.25, 0.3) is 0 Å². The first-order chi connectivity index (χ1) is 11.6. The average Bonchev–Trinajstić information content (AvgIpc) is 2.57. The third-order valence-electron chi connectivity index (χ3n) is 3.36. The van der Waals surface area contributed by atoms with Crippen LogP contribution in [0.3, 0.4) is 0 Å². The summed E-state index contributed by atoms with van der Waals surface area (Å²) in [5, 5.41) is 2.55. The Hall–Kier alpha value is -2.60. The van der Waals surface area contributed by atoms with Crippen molar-refractivity contribution in [2.24, 2.45) is 0 Å². The lowest BCUT2D eigenvalue weighted by Crippen LogP contribution is -2.33. The summed E-state index contributed by atoms with van der Waals surface area (Å²) in [6.07, 6.45) is 0. The SMILES string of the molecule is COc1ccccc1OCCN(C)CC(=O)Nc1ccccc1F. The second kappa shape index (κ2) is 8.88. The van der Waals surface area contributed by atoms with Gasteiger partial charge < -0.3 is 14.8 Å². The quantitative estimate of drug-likeness (QED) is 0.808. The molecule has 1 N–H and O–H groups in total. The number of para-hydroxylation sites is 3. The summed E-state index contributed by atoms with van der Waals surface area (Å²) in [7, 11) is 3.38. The zero-order chi connectivity index (χ0) is 17.4. The average molecular weight is 332 g/mol. The highest BCUT2D eigenvalue weighted by Crippen LogP contribution is 2.25. The van der Waals surface area contributed by atoms with E-state index in [9.17, 15) is 9.18 Å². The number of ether oxygens (including phenoxy) is 2. The number of hydrogen-bond acceptors (Lipinski definition) is 4. The van der Waals surface area contributed by atoms with Crippen LogP contribution in [-0.2, 0) is 4.79 Å². The Morgan fingerprint density at radius 2 is 1.79 bits per heavy atom. The normalized spacial score (nSPS) is 10.5. The molecule has 2 aromatic carbocycles. The highest BCUT2D eigenvalue weighted by atomic mass is 19.1. The minimum absolute atomic E-state index is 0.142. The van der Waals surface area contributed by atoms with E-state index in [0.717, 1.165) is 0 Å². The van der Waals surface area contributed by atoms with Crippen LogP contribution in [0.2, 0.25) is 0 Å². The molecular weight excluding hydrogens is 311 g/mol. The zero-order valence-corrected chi connectivity index (χ0v) is 13.8. The number of hydrogen-bond donors (Lipinski definition) is 1. The molecule has 0 saturated heterocycles. The smallest absolute Gasteiger partial charge is 0.238 e. The molecule has 0 saturated carbocycles. The Morgan fingerprint density at radius 3 is 2.50 bits per heavy atom. The van der Waals surface area contributed by atoms with E-state index in [0.29, 0.717) is 24.7 Å². The molecule has 128 valence electrons. The van der Waals surface area contributed by atoms with Crippen molar-refractivity contribution in [1.82, 2.24) is 4.90 Å². The van der Waals surface area contributed by atoms with E-state index in [2.05, 4.69) is 5.32 Å². The first kappa shape index (κ1) is 17.7. The van der Waals surface area contributed by atoms with Gasteiger partial charge in [-0.25, -0.2) is 4.39 Å². The van der Waals surface area contributed by atoms with Gasteiger partial charge in [0.1, 0.15) is 12.4 Å². The summed E-state index contributed by atoms with van der Waals surface area (Å²) >= 11 is 0. The van der Waals surface area contributed by atoms with Crippen molar-refractivity contribution in [3.63, 3.8) is 0 Å². The predicted molar refractivity (Wildman–Crippen MR) is 91.0 cm³/mol. The summed E-state index contributed by atoms with van der Waals surface area (Å²) in [4.78, 5) is 13.7. The molecule has 0 heterocycles. The molecule has 24 heavy (non-hydrogen) atoms. The summed E-state index contributed by atoms with van der Waals surface area (Å²) in [6.45, 7) is 1.09. The van der Waals surface area contributed by atoms with Gasteiger partial charge in [0.25, 0.3) is 0 Å². The number of halogens is 1. The Balaban J connectivity index is 1.76.